The van der Waals surface area contributed by atoms with Crippen molar-refractivity contribution in [3.63, 3.8) is 0 Å². The molecule has 1 saturated heterocycles. The van der Waals surface area contributed by atoms with Crippen molar-refractivity contribution in [2.24, 2.45) is 0 Å². The van der Waals surface area contributed by atoms with Crippen molar-refractivity contribution in [1.82, 2.24) is 14.9 Å². The van der Waals surface area contributed by atoms with E-state index in [1.54, 1.807) is 7.11 Å². The second kappa shape index (κ2) is 8.24. The summed E-state index contributed by atoms with van der Waals surface area (Å²) in [5.41, 5.74) is 1.09. The molecule has 7 nitrogen and oxygen atoms in total. The van der Waals surface area contributed by atoms with E-state index in [0.717, 1.165) is 24.5 Å². The van der Waals surface area contributed by atoms with Gasteiger partial charge in [0.25, 0.3) is 0 Å². The molecule has 0 saturated carbocycles. The van der Waals surface area contributed by atoms with Crippen molar-refractivity contribution < 1.29 is 14.3 Å². The molecule has 0 unspecified atom stereocenters. The number of nitrogens with zero attached hydrogens (tertiary/aromatic N) is 4. The number of aromatic nitrogens is 2. The van der Waals surface area contributed by atoms with Crippen LogP contribution in [0.4, 0.5) is 5.82 Å². The Morgan fingerprint density at radius 1 is 1.22 bits per heavy atom. The molecule has 2 aromatic rings. The molecule has 0 radical (unpaired) electrons. The van der Waals surface area contributed by atoms with Crippen LogP contribution < -0.4 is 14.4 Å². The quantitative estimate of drug-likeness (QED) is 0.806. The van der Waals surface area contributed by atoms with Gasteiger partial charge in [0, 0.05) is 38.2 Å². The summed E-state index contributed by atoms with van der Waals surface area (Å²) in [6.45, 7) is 8.12. The summed E-state index contributed by atoms with van der Waals surface area (Å²) in [4.78, 5) is 24.7. The molecule has 1 aromatic heterocycles. The highest BCUT2D eigenvalue weighted by Gasteiger charge is 2.27. The number of ether oxygens (including phenoxy) is 2. The van der Waals surface area contributed by atoms with E-state index >= 15 is 0 Å². The van der Waals surface area contributed by atoms with E-state index in [-0.39, 0.29) is 11.9 Å². The first-order valence-corrected chi connectivity index (χ1v) is 9.20. The number of anilines is 1. The summed E-state index contributed by atoms with van der Waals surface area (Å²) in [6.07, 6.45) is 2.04. The summed E-state index contributed by atoms with van der Waals surface area (Å²) in [6, 6.07) is 7.72. The number of carbonyl (C=O) groups excluding carboxylic acids is 1. The van der Waals surface area contributed by atoms with Gasteiger partial charge in [0.05, 0.1) is 7.11 Å². The molecule has 1 fully saturated rings. The van der Waals surface area contributed by atoms with Crippen LogP contribution in [0.25, 0.3) is 0 Å². The fourth-order valence-electron chi connectivity index (χ4n) is 3.27. The first-order valence-electron chi connectivity index (χ1n) is 9.20. The van der Waals surface area contributed by atoms with Crippen LogP contribution in [0, 0.1) is 6.92 Å². The van der Waals surface area contributed by atoms with Crippen LogP contribution in [0.5, 0.6) is 17.4 Å². The van der Waals surface area contributed by atoms with Gasteiger partial charge in [0.15, 0.2) is 11.5 Å². The third-order valence-corrected chi connectivity index (χ3v) is 4.74. The fourth-order valence-corrected chi connectivity index (χ4v) is 3.27. The largest absolute Gasteiger partial charge is 0.493 e. The lowest BCUT2D eigenvalue weighted by atomic mass is 10.1. The Morgan fingerprint density at radius 2 is 2.04 bits per heavy atom. The maximum Gasteiger partial charge on any atom is 0.224 e. The zero-order chi connectivity index (χ0) is 19.4. The Hall–Kier alpha value is -2.83. The van der Waals surface area contributed by atoms with Crippen LogP contribution in [-0.2, 0) is 4.79 Å². The molecular weight excluding hydrogens is 344 g/mol. The normalized spacial score (nSPS) is 17.0. The lowest BCUT2D eigenvalue weighted by Gasteiger charge is -2.40. The molecule has 2 heterocycles. The maximum atomic E-state index is 12.0. The number of rotatable bonds is 5. The molecule has 7 heteroatoms. The molecule has 1 aromatic carbocycles. The van der Waals surface area contributed by atoms with E-state index in [0.29, 0.717) is 30.3 Å². The van der Waals surface area contributed by atoms with Crippen molar-refractivity contribution in [1.29, 1.82) is 0 Å². The summed E-state index contributed by atoms with van der Waals surface area (Å²) in [7, 11) is 1.62. The van der Waals surface area contributed by atoms with Crippen molar-refractivity contribution in [3.05, 3.63) is 36.2 Å². The van der Waals surface area contributed by atoms with E-state index in [1.165, 1.54) is 6.33 Å². The standard InChI is InChI=1S/C20H26N4O3/c1-5-20(25)24-9-8-23(12-15(24)3)18-11-19(22-13-21-18)27-16-7-6-14(2)10-17(16)26-4/h6-7,10-11,13,15H,5,8-9,12H2,1-4H3/t15-/m1/s1. The molecule has 0 N–H and O–H groups in total. The van der Waals surface area contributed by atoms with Gasteiger partial charge in [-0.1, -0.05) is 13.0 Å². The molecule has 1 aliphatic rings. The van der Waals surface area contributed by atoms with Gasteiger partial charge < -0.3 is 19.3 Å². The third-order valence-electron chi connectivity index (χ3n) is 4.74. The van der Waals surface area contributed by atoms with Crippen molar-refractivity contribution in [3.8, 4) is 17.4 Å². The highest BCUT2D eigenvalue weighted by atomic mass is 16.5. The van der Waals surface area contributed by atoms with Crippen LogP contribution >= 0.6 is 0 Å². The molecule has 1 amide bonds. The summed E-state index contributed by atoms with van der Waals surface area (Å²) in [5, 5.41) is 0. The van der Waals surface area contributed by atoms with Gasteiger partial charge >= 0.3 is 0 Å². The number of methoxy groups -OCH3 is 1. The average molecular weight is 370 g/mol. The molecule has 0 spiro atoms. The minimum atomic E-state index is 0.141. The first kappa shape index (κ1) is 18.9. The molecular formula is C20H26N4O3. The van der Waals surface area contributed by atoms with Gasteiger partial charge in [-0.25, -0.2) is 9.97 Å². The minimum Gasteiger partial charge on any atom is -0.493 e. The number of benzene rings is 1. The van der Waals surface area contributed by atoms with Crippen LogP contribution in [-0.4, -0.2) is 53.6 Å². The third kappa shape index (κ3) is 4.30. The Morgan fingerprint density at radius 3 is 2.74 bits per heavy atom. The lowest BCUT2D eigenvalue weighted by Crippen LogP contribution is -2.54. The predicted molar refractivity (Wildman–Crippen MR) is 104 cm³/mol. The van der Waals surface area contributed by atoms with E-state index in [4.69, 9.17) is 9.47 Å². The molecule has 0 aliphatic carbocycles. The summed E-state index contributed by atoms with van der Waals surface area (Å²) in [5.74, 6) is 2.72. The predicted octanol–water partition coefficient (Wildman–Crippen LogP) is 3.03. The monoisotopic (exact) mass is 370 g/mol. The van der Waals surface area contributed by atoms with Gasteiger partial charge in [-0.3, -0.25) is 4.79 Å². The van der Waals surface area contributed by atoms with Crippen molar-refractivity contribution in [2.45, 2.75) is 33.2 Å². The van der Waals surface area contributed by atoms with Gasteiger partial charge in [0.2, 0.25) is 11.8 Å². The Kier molecular flexibility index (Phi) is 5.78. The van der Waals surface area contributed by atoms with Gasteiger partial charge in [-0.15, -0.1) is 0 Å². The number of aryl methyl sites for hydroxylation is 1. The zero-order valence-corrected chi connectivity index (χ0v) is 16.3. The average Bonchev–Trinajstić information content (AvgIpc) is 2.69. The summed E-state index contributed by atoms with van der Waals surface area (Å²) < 4.78 is 11.3. The van der Waals surface area contributed by atoms with E-state index < -0.39 is 0 Å². The number of amides is 1. The highest BCUT2D eigenvalue weighted by Crippen LogP contribution is 2.32. The minimum absolute atomic E-state index is 0.141. The second-order valence-electron chi connectivity index (χ2n) is 6.71. The Bertz CT molecular complexity index is 812. The van der Waals surface area contributed by atoms with Gasteiger partial charge in [-0.05, 0) is 31.5 Å². The number of piperazine rings is 1. The first-order chi connectivity index (χ1) is 13.0. The summed E-state index contributed by atoms with van der Waals surface area (Å²) >= 11 is 0. The van der Waals surface area contributed by atoms with Crippen molar-refractivity contribution >= 4 is 11.7 Å². The maximum absolute atomic E-state index is 12.0. The van der Waals surface area contributed by atoms with Crippen LogP contribution in [0.15, 0.2) is 30.6 Å². The van der Waals surface area contributed by atoms with E-state index in [1.807, 2.05) is 43.0 Å². The molecule has 1 atom stereocenters. The van der Waals surface area contributed by atoms with E-state index in [9.17, 15) is 4.79 Å². The SMILES string of the molecule is CCC(=O)N1CCN(c2cc(Oc3ccc(C)cc3OC)ncn2)C[C@H]1C. The fraction of sp³-hybridized carbons (Fsp3) is 0.450. The van der Waals surface area contributed by atoms with Crippen LogP contribution in [0.2, 0.25) is 0 Å². The van der Waals surface area contributed by atoms with Gasteiger partial charge in [0.1, 0.15) is 12.1 Å². The second-order valence-corrected chi connectivity index (χ2v) is 6.71. The zero-order valence-electron chi connectivity index (χ0n) is 16.3. The Labute approximate surface area is 159 Å². The number of carbonyl (C=O) groups is 1. The molecule has 144 valence electrons. The smallest absolute Gasteiger partial charge is 0.224 e. The van der Waals surface area contributed by atoms with Crippen LogP contribution in [0.3, 0.4) is 0 Å². The van der Waals surface area contributed by atoms with Gasteiger partial charge in [-0.2, -0.15) is 0 Å². The lowest BCUT2D eigenvalue weighted by molar-refractivity contribution is -0.133. The molecule has 3 rings (SSSR count). The topological polar surface area (TPSA) is 67.8 Å². The number of hydrogen-bond acceptors (Lipinski definition) is 6. The van der Waals surface area contributed by atoms with Crippen LogP contribution in [0.1, 0.15) is 25.8 Å². The molecule has 27 heavy (non-hydrogen) atoms. The van der Waals surface area contributed by atoms with Crippen molar-refractivity contribution in [2.75, 3.05) is 31.6 Å². The molecule has 1 aliphatic heterocycles. The Balaban J connectivity index is 1.74. The number of hydrogen-bond donors (Lipinski definition) is 0. The van der Waals surface area contributed by atoms with E-state index in [2.05, 4.69) is 21.8 Å². The highest BCUT2D eigenvalue weighted by molar-refractivity contribution is 5.76. The molecule has 0 bridgehead atoms.